The smallest absolute Gasteiger partial charge is 0.326 e. The van der Waals surface area contributed by atoms with E-state index in [1.54, 1.807) is 17.8 Å². The van der Waals surface area contributed by atoms with Gasteiger partial charge in [-0.15, -0.1) is 0 Å². The van der Waals surface area contributed by atoms with Crippen LogP contribution in [0.15, 0.2) is 48.5 Å². The maximum atomic E-state index is 12.8. The average molecular weight is 388 g/mol. The van der Waals surface area contributed by atoms with E-state index < -0.39 is 12.0 Å². The number of ether oxygens (including phenoxy) is 1. The van der Waals surface area contributed by atoms with E-state index in [2.05, 4.69) is 5.32 Å². The molecule has 27 heavy (non-hydrogen) atoms. The van der Waals surface area contributed by atoms with Crippen molar-refractivity contribution in [2.24, 2.45) is 0 Å². The Morgan fingerprint density at radius 1 is 1.19 bits per heavy atom. The van der Waals surface area contributed by atoms with Gasteiger partial charge in [0.15, 0.2) is 0 Å². The number of hydrogen-bond donors (Lipinski definition) is 2. The molecule has 0 heterocycles. The Labute approximate surface area is 164 Å². The zero-order valence-corrected chi connectivity index (χ0v) is 16.4. The second-order valence-electron chi connectivity index (χ2n) is 6.03. The first-order valence-electron chi connectivity index (χ1n) is 8.85. The van der Waals surface area contributed by atoms with E-state index in [9.17, 15) is 14.7 Å². The number of carboxylic acid groups (broad SMARTS) is 1. The van der Waals surface area contributed by atoms with E-state index in [0.29, 0.717) is 31.0 Å². The molecule has 5 nitrogen and oxygen atoms in total. The first-order valence-corrected chi connectivity index (χ1v) is 10.2. The van der Waals surface area contributed by atoms with Gasteiger partial charge >= 0.3 is 5.97 Å². The number of benzene rings is 2. The highest BCUT2D eigenvalue weighted by Gasteiger charge is 2.22. The van der Waals surface area contributed by atoms with Gasteiger partial charge in [0.05, 0.1) is 6.61 Å². The lowest BCUT2D eigenvalue weighted by molar-refractivity contribution is -0.139. The van der Waals surface area contributed by atoms with E-state index in [-0.39, 0.29) is 5.91 Å². The number of amides is 1. The van der Waals surface area contributed by atoms with Crippen LogP contribution in [0, 0.1) is 0 Å². The number of thioether (sulfide) groups is 1. The number of hydrogen-bond acceptors (Lipinski definition) is 4. The predicted molar refractivity (Wildman–Crippen MR) is 109 cm³/mol. The van der Waals surface area contributed by atoms with Crippen LogP contribution < -0.4 is 5.32 Å². The van der Waals surface area contributed by atoms with Crippen LogP contribution in [0.4, 0.5) is 0 Å². The van der Waals surface area contributed by atoms with Crippen molar-refractivity contribution >= 4 is 23.6 Å². The van der Waals surface area contributed by atoms with Crippen molar-refractivity contribution in [3.63, 3.8) is 0 Å². The molecule has 1 atom stereocenters. The molecule has 6 heteroatoms. The molecule has 0 saturated carbocycles. The summed E-state index contributed by atoms with van der Waals surface area (Å²) in [6, 6.07) is 14.2. The van der Waals surface area contributed by atoms with Crippen molar-refractivity contribution in [2.75, 3.05) is 18.6 Å². The summed E-state index contributed by atoms with van der Waals surface area (Å²) < 4.78 is 5.47. The molecule has 2 aromatic carbocycles. The van der Waals surface area contributed by atoms with Gasteiger partial charge in [-0.25, -0.2) is 4.79 Å². The molecule has 0 fully saturated rings. The number of carbonyl (C=O) groups excluding carboxylic acids is 1. The molecular weight excluding hydrogens is 362 g/mol. The molecule has 1 amide bonds. The Balaban J connectivity index is 2.33. The predicted octanol–water partition coefficient (Wildman–Crippen LogP) is 3.83. The molecule has 0 aliphatic carbocycles. The number of rotatable bonds is 10. The molecule has 0 aromatic heterocycles. The van der Waals surface area contributed by atoms with Crippen LogP contribution in [0.25, 0.3) is 11.1 Å². The Morgan fingerprint density at radius 3 is 2.56 bits per heavy atom. The van der Waals surface area contributed by atoms with E-state index in [0.717, 1.165) is 16.7 Å². The fourth-order valence-electron chi connectivity index (χ4n) is 2.68. The number of carbonyl (C=O) groups is 2. The first kappa shape index (κ1) is 21.0. The van der Waals surface area contributed by atoms with Crippen molar-refractivity contribution in [1.29, 1.82) is 0 Å². The summed E-state index contributed by atoms with van der Waals surface area (Å²) in [7, 11) is 0. The highest BCUT2D eigenvalue weighted by Crippen LogP contribution is 2.26. The molecule has 1 unspecified atom stereocenters. The molecule has 0 bridgehead atoms. The lowest BCUT2D eigenvalue weighted by Gasteiger charge is -2.17. The quantitative estimate of drug-likeness (QED) is 0.648. The maximum absolute atomic E-state index is 12.8. The fourth-order valence-corrected chi connectivity index (χ4v) is 3.16. The van der Waals surface area contributed by atoms with Gasteiger partial charge in [-0.05, 0) is 54.2 Å². The van der Waals surface area contributed by atoms with Crippen molar-refractivity contribution in [3.8, 4) is 11.1 Å². The number of carboxylic acids is 1. The van der Waals surface area contributed by atoms with Crippen molar-refractivity contribution in [3.05, 3.63) is 59.7 Å². The second kappa shape index (κ2) is 10.7. The van der Waals surface area contributed by atoms with E-state index in [1.165, 1.54) is 0 Å². The van der Waals surface area contributed by atoms with Crippen LogP contribution in [0.5, 0.6) is 0 Å². The van der Waals surface area contributed by atoms with Gasteiger partial charge in [0.25, 0.3) is 5.91 Å². The van der Waals surface area contributed by atoms with Gasteiger partial charge in [0.1, 0.15) is 6.04 Å². The minimum absolute atomic E-state index is 0.380. The van der Waals surface area contributed by atoms with Crippen LogP contribution in [-0.2, 0) is 16.1 Å². The van der Waals surface area contributed by atoms with Gasteiger partial charge in [-0.2, -0.15) is 11.8 Å². The largest absolute Gasteiger partial charge is 0.480 e. The monoisotopic (exact) mass is 387 g/mol. The van der Waals surface area contributed by atoms with E-state index in [4.69, 9.17) is 4.74 Å². The zero-order chi connectivity index (χ0) is 19.6. The Bertz CT molecular complexity index is 764. The molecular formula is C21H25NO4S. The summed E-state index contributed by atoms with van der Waals surface area (Å²) in [5.41, 5.74) is 3.08. The van der Waals surface area contributed by atoms with Crippen molar-refractivity contribution < 1.29 is 19.4 Å². The molecule has 144 valence electrons. The van der Waals surface area contributed by atoms with Crippen LogP contribution in [0.2, 0.25) is 0 Å². The number of aliphatic carboxylic acids is 1. The van der Waals surface area contributed by atoms with Gasteiger partial charge < -0.3 is 15.2 Å². The lowest BCUT2D eigenvalue weighted by atomic mass is 9.96. The lowest BCUT2D eigenvalue weighted by Crippen LogP contribution is -2.41. The normalized spacial score (nSPS) is 11.8. The third kappa shape index (κ3) is 6.12. The average Bonchev–Trinajstić information content (AvgIpc) is 2.69. The second-order valence-corrected chi connectivity index (χ2v) is 7.01. The summed E-state index contributed by atoms with van der Waals surface area (Å²) in [4.78, 5) is 24.3. The Morgan fingerprint density at radius 2 is 1.93 bits per heavy atom. The molecule has 2 rings (SSSR count). The van der Waals surface area contributed by atoms with Gasteiger partial charge in [0, 0.05) is 12.2 Å². The fraction of sp³-hybridized carbons (Fsp3) is 0.333. The van der Waals surface area contributed by atoms with Crippen molar-refractivity contribution in [2.45, 2.75) is 26.0 Å². The zero-order valence-electron chi connectivity index (χ0n) is 15.6. The standard InChI is InChI=1S/C21H25NO4S/c1-3-26-14-15-9-10-17(18(13-15)16-7-5-4-6-8-16)20(23)22-19(21(24)25)11-12-27-2/h4-10,13,19H,3,11-12,14H2,1-2H3,(H,22,23)(H,24,25). The minimum Gasteiger partial charge on any atom is -0.480 e. The highest BCUT2D eigenvalue weighted by molar-refractivity contribution is 7.98. The molecule has 2 N–H and O–H groups in total. The van der Waals surface area contributed by atoms with Crippen LogP contribution in [0.1, 0.15) is 29.3 Å². The highest BCUT2D eigenvalue weighted by atomic mass is 32.2. The third-order valence-electron chi connectivity index (χ3n) is 4.10. The summed E-state index contributed by atoms with van der Waals surface area (Å²) in [6.45, 7) is 3.00. The van der Waals surface area contributed by atoms with Crippen LogP contribution in [0.3, 0.4) is 0 Å². The number of nitrogens with one attached hydrogen (secondary N) is 1. The summed E-state index contributed by atoms with van der Waals surface area (Å²) in [6.07, 6.45) is 2.29. The minimum atomic E-state index is -1.02. The van der Waals surface area contributed by atoms with E-state index in [1.807, 2.05) is 55.6 Å². The summed E-state index contributed by atoms with van der Waals surface area (Å²) >= 11 is 1.55. The molecule has 0 spiro atoms. The van der Waals surface area contributed by atoms with Gasteiger partial charge in [0.2, 0.25) is 0 Å². The first-order chi connectivity index (χ1) is 13.1. The maximum Gasteiger partial charge on any atom is 0.326 e. The third-order valence-corrected chi connectivity index (χ3v) is 4.74. The molecule has 0 aliphatic heterocycles. The van der Waals surface area contributed by atoms with E-state index >= 15 is 0 Å². The Hall–Kier alpha value is -2.31. The molecule has 0 radical (unpaired) electrons. The van der Waals surface area contributed by atoms with Gasteiger partial charge in [-0.3, -0.25) is 4.79 Å². The van der Waals surface area contributed by atoms with Crippen molar-refractivity contribution in [1.82, 2.24) is 5.32 Å². The molecule has 0 saturated heterocycles. The molecule has 0 aliphatic rings. The van der Waals surface area contributed by atoms with Crippen LogP contribution in [-0.4, -0.2) is 41.6 Å². The SMILES string of the molecule is CCOCc1ccc(C(=O)NC(CCSC)C(=O)O)c(-c2ccccc2)c1. The topological polar surface area (TPSA) is 75.6 Å². The Kier molecular flexibility index (Phi) is 8.36. The van der Waals surface area contributed by atoms with Crippen LogP contribution >= 0.6 is 11.8 Å². The van der Waals surface area contributed by atoms with Gasteiger partial charge in [-0.1, -0.05) is 36.4 Å². The summed E-state index contributed by atoms with van der Waals surface area (Å²) in [5, 5.41) is 12.0. The molecule has 2 aromatic rings. The summed E-state index contributed by atoms with van der Waals surface area (Å²) in [5.74, 6) is -0.743.